The van der Waals surface area contributed by atoms with Crippen molar-refractivity contribution < 1.29 is 17.9 Å². The number of benzene rings is 2. The highest BCUT2D eigenvalue weighted by Crippen LogP contribution is 2.30. The van der Waals surface area contributed by atoms with Gasteiger partial charge in [-0.05, 0) is 67.8 Å². The number of aryl methyl sites for hydroxylation is 1. The second kappa shape index (κ2) is 8.73. The van der Waals surface area contributed by atoms with E-state index in [9.17, 15) is 13.4 Å². The fourth-order valence-electron chi connectivity index (χ4n) is 4.35. The van der Waals surface area contributed by atoms with Crippen molar-refractivity contribution in [2.24, 2.45) is 0 Å². The van der Waals surface area contributed by atoms with Gasteiger partial charge in [0.15, 0.2) is 11.1 Å². The first-order chi connectivity index (χ1) is 14.4. The van der Waals surface area contributed by atoms with Crippen molar-refractivity contribution in [2.45, 2.75) is 30.7 Å². The van der Waals surface area contributed by atoms with Crippen LogP contribution < -0.4 is 9.80 Å². The van der Waals surface area contributed by atoms with Crippen LogP contribution in [0.15, 0.2) is 47.4 Å². The van der Waals surface area contributed by atoms with Crippen molar-refractivity contribution >= 4 is 28.4 Å². The zero-order valence-corrected chi connectivity index (χ0v) is 17.8. The quantitative estimate of drug-likeness (QED) is 0.755. The standard InChI is InChI=1S/C22H26FN3O3S/c1-16(26-10-2-3-17-15-18(23)4-9-21(17)26)22(27)25-13-11-24(12-14-25)19-5-7-20(8-6-19)30(28)29/h4-9,15-16H,2-3,10-14H2,1H3,(H,28,29)/t16-/m1/s1. The van der Waals surface area contributed by atoms with Crippen LogP contribution in [0, 0.1) is 5.82 Å². The Morgan fingerprint density at radius 1 is 1.07 bits per heavy atom. The number of halogens is 1. The maximum absolute atomic E-state index is 13.6. The lowest BCUT2D eigenvalue weighted by Gasteiger charge is -2.41. The van der Waals surface area contributed by atoms with Crippen molar-refractivity contribution in [1.82, 2.24) is 4.90 Å². The van der Waals surface area contributed by atoms with Gasteiger partial charge in [0.25, 0.3) is 0 Å². The van der Waals surface area contributed by atoms with Crippen molar-refractivity contribution in [2.75, 3.05) is 42.5 Å². The molecule has 6 nitrogen and oxygen atoms in total. The molecular formula is C22H26FN3O3S. The number of hydrogen-bond acceptors (Lipinski definition) is 4. The van der Waals surface area contributed by atoms with Crippen LogP contribution in [0.3, 0.4) is 0 Å². The molecule has 1 saturated heterocycles. The first-order valence-corrected chi connectivity index (χ1v) is 11.3. The molecule has 1 unspecified atom stereocenters. The molecule has 0 aromatic heterocycles. The number of carbonyl (C=O) groups is 1. The van der Waals surface area contributed by atoms with Crippen molar-refractivity contribution in [1.29, 1.82) is 0 Å². The lowest BCUT2D eigenvalue weighted by atomic mass is 9.99. The fraction of sp³-hybridized carbons (Fsp3) is 0.409. The summed E-state index contributed by atoms with van der Waals surface area (Å²) in [4.78, 5) is 19.7. The number of amides is 1. The van der Waals surface area contributed by atoms with E-state index in [0.717, 1.165) is 36.3 Å². The van der Waals surface area contributed by atoms with Crippen LogP contribution in [-0.2, 0) is 22.3 Å². The Morgan fingerprint density at radius 3 is 2.43 bits per heavy atom. The molecule has 1 amide bonds. The highest BCUT2D eigenvalue weighted by molar-refractivity contribution is 7.79. The molecule has 2 aliphatic heterocycles. The van der Waals surface area contributed by atoms with E-state index < -0.39 is 11.1 Å². The Hall–Kier alpha value is -2.45. The Balaban J connectivity index is 1.39. The molecule has 2 atom stereocenters. The van der Waals surface area contributed by atoms with E-state index in [1.165, 1.54) is 6.07 Å². The average Bonchev–Trinajstić information content (AvgIpc) is 2.77. The van der Waals surface area contributed by atoms with Gasteiger partial charge in [-0.25, -0.2) is 8.60 Å². The Bertz CT molecular complexity index is 945. The molecule has 8 heteroatoms. The molecule has 2 aromatic rings. The van der Waals surface area contributed by atoms with Gasteiger partial charge in [0, 0.05) is 44.1 Å². The summed E-state index contributed by atoms with van der Waals surface area (Å²) in [6, 6.07) is 11.5. The summed E-state index contributed by atoms with van der Waals surface area (Å²) < 4.78 is 33.9. The number of rotatable bonds is 4. The summed E-state index contributed by atoms with van der Waals surface area (Å²) in [6.45, 7) is 5.40. The zero-order valence-electron chi connectivity index (χ0n) is 17.0. The Labute approximate surface area is 178 Å². The lowest BCUT2D eigenvalue weighted by molar-refractivity contribution is -0.132. The first kappa shape index (κ1) is 20.8. The minimum Gasteiger partial charge on any atom is -0.368 e. The van der Waals surface area contributed by atoms with E-state index in [-0.39, 0.29) is 17.8 Å². The van der Waals surface area contributed by atoms with Crippen LogP contribution >= 0.6 is 0 Å². The van der Waals surface area contributed by atoms with Gasteiger partial charge >= 0.3 is 0 Å². The molecule has 2 aliphatic rings. The van der Waals surface area contributed by atoms with Crippen LogP contribution in [0.2, 0.25) is 0 Å². The maximum Gasteiger partial charge on any atom is 0.245 e. The average molecular weight is 432 g/mol. The molecule has 2 heterocycles. The summed E-state index contributed by atoms with van der Waals surface area (Å²) >= 11 is -1.98. The van der Waals surface area contributed by atoms with Crippen LogP contribution in [-0.4, -0.2) is 58.3 Å². The van der Waals surface area contributed by atoms with E-state index in [0.29, 0.717) is 31.1 Å². The summed E-state index contributed by atoms with van der Waals surface area (Å²) in [5.41, 5.74) is 2.91. The maximum atomic E-state index is 13.6. The molecule has 1 fully saturated rings. The third-order valence-electron chi connectivity index (χ3n) is 6.02. The molecule has 30 heavy (non-hydrogen) atoms. The van der Waals surface area contributed by atoms with Gasteiger partial charge in [0.1, 0.15) is 11.9 Å². The Kier molecular flexibility index (Phi) is 6.06. The molecule has 1 N–H and O–H groups in total. The smallest absolute Gasteiger partial charge is 0.245 e. The van der Waals surface area contributed by atoms with E-state index in [2.05, 4.69) is 9.80 Å². The van der Waals surface area contributed by atoms with Gasteiger partial charge in [0.2, 0.25) is 5.91 Å². The van der Waals surface area contributed by atoms with Gasteiger partial charge in [-0.3, -0.25) is 4.79 Å². The van der Waals surface area contributed by atoms with Crippen LogP contribution in [0.1, 0.15) is 18.9 Å². The van der Waals surface area contributed by atoms with Gasteiger partial charge < -0.3 is 19.3 Å². The third-order valence-corrected chi connectivity index (χ3v) is 6.69. The zero-order chi connectivity index (χ0) is 21.3. The van der Waals surface area contributed by atoms with E-state index in [4.69, 9.17) is 4.55 Å². The van der Waals surface area contributed by atoms with Gasteiger partial charge in [0.05, 0.1) is 4.90 Å². The van der Waals surface area contributed by atoms with E-state index in [1.54, 1.807) is 24.3 Å². The van der Waals surface area contributed by atoms with Gasteiger partial charge in [-0.15, -0.1) is 0 Å². The minimum absolute atomic E-state index is 0.0952. The monoisotopic (exact) mass is 431 g/mol. The number of anilines is 2. The minimum atomic E-state index is -1.98. The third kappa shape index (κ3) is 4.20. The van der Waals surface area contributed by atoms with Crippen LogP contribution in [0.25, 0.3) is 0 Å². The largest absolute Gasteiger partial charge is 0.368 e. The van der Waals surface area contributed by atoms with Crippen molar-refractivity contribution in [3.63, 3.8) is 0 Å². The molecule has 0 saturated carbocycles. The van der Waals surface area contributed by atoms with Gasteiger partial charge in [-0.1, -0.05) is 0 Å². The Morgan fingerprint density at radius 2 is 1.77 bits per heavy atom. The van der Waals surface area contributed by atoms with E-state index >= 15 is 0 Å². The summed E-state index contributed by atoms with van der Waals surface area (Å²) in [5, 5.41) is 0. The van der Waals surface area contributed by atoms with Crippen molar-refractivity contribution in [3.8, 4) is 0 Å². The normalized spacial score (nSPS) is 18.7. The molecule has 0 aliphatic carbocycles. The summed E-state index contributed by atoms with van der Waals surface area (Å²) in [7, 11) is 0. The van der Waals surface area contributed by atoms with Gasteiger partial charge in [-0.2, -0.15) is 0 Å². The summed E-state index contributed by atoms with van der Waals surface area (Å²) in [5.74, 6) is -0.137. The highest BCUT2D eigenvalue weighted by atomic mass is 32.2. The molecule has 0 radical (unpaired) electrons. The topological polar surface area (TPSA) is 64.1 Å². The fourth-order valence-corrected chi connectivity index (χ4v) is 4.72. The lowest BCUT2D eigenvalue weighted by Crippen LogP contribution is -2.55. The second-order valence-corrected chi connectivity index (χ2v) is 8.77. The second-order valence-electron chi connectivity index (χ2n) is 7.80. The molecule has 2 aromatic carbocycles. The molecular weight excluding hydrogens is 405 g/mol. The number of carbonyl (C=O) groups excluding carboxylic acids is 1. The van der Waals surface area contributed by atoms with Crippen LogP contribution in [0.4, 0.5) is 15.8 Å². The number of fused-ring (bicyclic) bond motifs is 1. The SMILES string of the molecule is C[C@H](C(=O)N1CCN(c2ccc(S(=O)O)cc2)CC1)N1CCCc2cc(F)ccc21. The summed E-state index contributed by atoms with van der Waals surface area (Å²) in [6.07, 6.45) is 1.75. The predicted molar refractivity (Wildman–Crippen MR) is 116 cm³/mol. The molecule has 0 spiro atoms. The first-order valence-electron chi connectivity index (χ1n) is 10.2. The molecule has 4 rings (SSSR count). The molecule has 0 bridgehead atoms. The highest BCUT2D eigenvalue weighted by Gasteiger charge is 2.31. The predicted octanol–water partition coefficient (Wildman–Crippen LogP) is 2.90. The van der Waals surface area contributed by atoms with E-state index in [1.807, 2.05) is 24.0 Å². The van der Waals surface area contributed by atoms with Crippen LogP contribution in [0.5, 0.6) is 0 Å². The number of piperazine rings is 1. The number of hydrogen-bond donors (Lipinski definition) is 1. The number of nitrogens with zero attached hydrogens (tertiary/aromatic N) is 3. The molecule has 160 valence electrons. The van der Waals surface area contributed by atoms with Crippen molar-refractivity contribution in [3.05, 3.63) is 53.8 Å².